The number of hydrogen-bond acceptors (Lipinski definition) is 4. The van der Waals surface area contributed by atoms with Crippen LogP contribution < -0.4 is 0 Å². The van der Waals surface area contributed by atoms with Gasteiger partial charge in [0.15, 0.2) is 9.84 Å². The van der Waals surface area contributed by atoms with E-state index in [1.165, 1.54) is 42.8 Å². The van der Waals surface area contributed by atoms with Crippen molar-refractivity contribution in [2.24, 2.45) is 0 Å². The number of halogens is 3. The lowest BCUT2D eigenvalue weighted by molar-refractivity contribution is -0.137. The van der Waals surface area contributed by atoms with Gasteiger partial charge in [0.1, 0.15) is 11.4 Å². The van der Waals surface area contributed by atoms with Crippen LogP contribution in [0.3, 0.4) is 0 Å². The summed E-state index contributed by atoms with van der Waals surface area (Å²) in [6, 6.07) is 18.7. The first-order chi connectivity index (χ1) is 17.2. The molecule has 1 N–H and O–H groups in total. The molecular formula is C28H27F3N2O3S. The quantitative estimate of drug-likeness (QED) is 0.305. The van der Waals surface area contributed by atoms with Gasteiger partial charge in [-0.25, -0.2) is 13.4 Å². The molecule has 0 saturated carbocycles. The first kappa shape index (κ1) is 26.6. The Bertz CT molecular complexity index is 1550. The van der Waals surface area contributed by atoms with E-state index in [1.807, 2.05) is 0 Å². The smallest absolute Gasteiger partial charge is 0.384 e. The van der Waals surface area contributed by atoms with E-state index in [-0.39, 0.29) is 22.0 Å². The third kappa shape index (κ3) is 5.33. The Kier molecular flexibility index (Phi) is 6.81. The van der Waals surface area contributed by atoms with E-state index >= 15 is 0 Å². The first-order valence-corrected chi connectivity index (χ1v) is 13.2. The number of rotatable bonds is 6. The summed E-state index contributed by atoms with van der Waals surface area (Å²) in [5.74, 6) is 0.0262. The molecule has 0 fully saturated rings. The number of imidazole rings is 1. The summed E-state index contributed by atoms with van der Waals surface area (Å²) in [7, 11) is -3.49. The predicted octanol–water partition coefficient (Wildman–Crippen LogP) is 6.63. The summed E-state index contributed by atoms with van der Waals surface area (Å²) in [6.07, 6.45) is -3.09. The zero-order valence-electron chi connectivity index (χ0n) is 20.8. The van der Waals surface area contributed by atoms with E-state index < -0.39 is 32.4 Å². The SMILES string of the molecule is CC(C)S(=O)(=O)c1cccc(-c2cccc(-n3cc(C(C)(C)O)nc3-c3ccccc3C(F)(F)F)c2)c1. The zero-order chi connectivity index (χ0) is 27.2. The lowest BCUT2D eigenvalue weighted by Crippen LogP contribution is -2.15. The van der Waals surface area contributed by atoms with Crippen molar-refractivity contribution in [3.63, 3.8) is 0 Å². The van der Waals surface area contributed by atoms with Crippen LogP contribution in [-0.4, -0.2) is 28.3 Å². The van der Waals surface area contributed by atoms with Crippen LogP contribution in [0.5, 0.6) is 0 Å². The molecule has 0 radical (unpaired) electrons. The van der Waals surface area contributed by atoms with Crippen molar-refractivity contribution in [3.05, 3.63) is 90.3 Å². The van der Waals surface area contributed by atoms with Gasteiger partial charge in [-0.1, -0.05) is 42.5 Å². The van der Waals surface area contributed by atoms with Crippen LogP contribution in [0.4, 0.5) is 13.2 Å². The van der Waals surface area contributed by atoms with E-state index in [4.69, 9.17) is 0 Å². The highest BCUT2D eigenvalue weighted by atomic mass is 32.2. The number of aliphatic hydroxyl groups is 1. The van der Waals surface area contributed by atoms with Crippen LogP contribution in [0.25, 0.3) is 28.2 Å². The Morgan fingerprint density at radius 1 is 0.892 bits per heavy atom. The Morgan fingerprint density at radius 2 is 1.51 bits per heavy atom. The fourth-order valence-electron chi connectivity index (χ4n) is 3.95. The minimum absolute atomic E-state index is 0.0262. The topological polar surface area (TPSA) is 72.2 Å². The number of benzene rings is 3. The van der Waals surface area contributed by atoms with Crippen LogP contribution >= 0.6 is 0 Å². The molecule has 0 spiro atoms. The van der Waals surface area contributed by atoms with Crippen molar-refractivity contribution in [1.82, 2.24) is 9.55 Å². The summed E-state index contributed by atoms with van der Waals surface area (Å²) in [5, 5.41) is 9.99. The van der Waals surface area contributed by atoms with Gasteiger partial charge >= 0.3 is 6.18 Å². The molecule has 0 aliphatic heterocycles. The van der Waals surface area contributed by atoms with Gasteiger partial charge in [-0.05, 0) is 69.2 Å². The number of sulfone groups is 1. The van der Waals surface area contributed by atoms with Crippen molar-refractivity contribution < 1.29 is 26.7 Å². The zero-order valence-corrected chi connectivity index (χ0v) is 21.6. The molecule has 0 atom stereocenters. The third-order valence-electron chi connectivity index (χ3n) is 6.05. The van der Waals surface area contributed by atoms with Gasteiger partial charge in [0, 0.05) is 17.4 Å². The summed E-state index contributed by atoms with van der Waals surface area (Å²) in [6.45, 7) is 6.25. The Labute approximate surface area is 214 Å². The van der Waals surface area contributed by atoms with Gasteiger partial charge in [0.2, 0.25) is 0 Å². The normalized spacial score (nSPS) is 12.8. The summed E-state index contributed by atoms with van der Waals surface area (Å²) in [4.78, 5) is 4.60. The number of nitrogens with zero attached hydrogens (tertiary/aromatic N) is 2. The maximum Gasteiger partial charge on any atom is 0.417 e. The second-order valence-electron chi connectivity index (χ2n) is 9.59. The average Bonchev–Trinajstić information content (AvgIpc) is 3.30. The van der Waals surface area contributed by atoms with Crippen LogP contribution in [-0.2, 0) is 21.6 Å². The van der Waals surface area contributed by atoms with Gasteiger partial charge in [0.05, 0.1) is 21.4 Å². The first-order valence-electron chi connectivity index (χ1n) is 11.6. The van der Waals surface area contributed by atoms with Crippen molar-refractivity contribution >= 4 is 9.84 Å². The Hall–Kier alpha value is -3.43. The maximum absolute atomic E-state index is 13.8. The van der Waals surface area contributed by atoms with Gasteiger partial charge in [0.25, 0.3) is 0 Å². The molecule has 0 amide bonds. The van der Waals surface area contributed by atoms with Crippen LogP contribution in [0.2, 0.25) is 0 Å². The second-order valence-corrected chi connectivity index (χ2v) is 12.1. The van der Waals surface area contributed by atoms with E-state index in [1.54, 1.807) is 62.4 Å². The molecule has 5 nitrogen and oxygen atoms in total. The van der Waals surface area contributed by atoms with Crippen LogP contribution in [0.1, 0.15) is 39.0 Å². The molecule has 0 saturated heterocycles. The van der Waals surface area contributed by atoms with E-state index in [9.17, 15) is 26.7 Å². The standard InChI is InChI=1S/C28H27F3N2O3S/c1-18(2)37(35,36)22-12-8-10-20(16-22)19-9-7-11-21(15-19)33-17-25(27(3,4)34)32-26(33)23-13-5-6-14-24(23)28(29,30)31/h5-18,34H,1-4H3. The average molecular weight is 529 g/mol. The molecule has 37 heavy (non-hydrogen) atoms. The van der Waals surface area contributed by atoms with E-state index in [0.717, 1.165) is 6.07 Å². The van der Waals surface area contributed by atoms with E-state index in [0.29, 0.717) is 16.8 Å². The molecule has 4 rings (SSSR count). The van der Waals surface area contributed by atoms with E-state index in [2.05, 4.69) is 4.98 Å². The third-order valence-corrected chi connectivity index (χ3v) is 8.20. The molecule has 3 aromatic carbocycles. The Morgan fingerprint density at radius 3 is 2.14 bits per heavy atom. The summed E-state index contributed by atoms with van der Waals surface area (Å²) < 4.78 is 68.4. The molecule has 0 unspecified atom stereocenters. The molecule has 194 valence electrons. The summed E-state index contributed by atoms with van der Waals surface area (Å²) in [5.41, 5.74) is -0.340. The largest absolute Gasteiger partial charge is 0.417 e. The second kappa shape index (κ2) is 9.46. The van der Waals surface area contributed by atoms with Crippen LogP contribution in [0, 0.1) is 0 Å². The highest BCUT2D eigenvalue weighted by molar-refractivity contribution is 7.92. The minimum Gasteiger partial charge on any atom is -0.384 e. The van der Waals surface area contributed by atoms with Crippen molar-refractivity contribution in [1.29, 1.82) is 0 Å². The number of hydrogen-bond donors (Lipinski definition) is 1. The van der Waals surface area contributed by atoms with Crippen molar-refractivity contribution in [3.8, 4) is 28.2 Å². The highest BCUT2D eigenvalue weighted by Crippen LogP contribution is 2.38. The molecule has 1 aromatic heterocycles. The molecule has 0 bridgehead atoms. The fraction of sp³-hybridized carbons (Fsp3) is 0.250. The molecule has 1 heterocycles. The predicted molar refractivity (Wildman–Crippen MR) is 137 cm³/mol. The molecule has 9 heteroatoms. The number of alkyl halides is 3. The summed E-state index contributed by atoms with van der Waals surface area (Å²) >= 11 is 0. The van der Waals surface area contributed by atoms with Gasteiger partial charge in [-0.3, -0.25) is 4.57 Å². The molecular weight excluding hydrogens is 501 g/mol. The lowest BCUT2D eigenvalue weighted by Gasteiger charge is -2.15. The monoisotopic (exact) mass is 528 g/mol. The van der Waals surface area contributed by atoms with Crippen molar-refractivity contribution in [2.45, 2.75) is 49.6 Å². The fourth-order valence-corrected chi connectivity index (χ4v) is 5.05. The highest BCUT2D eigenvalue weighted by Gasteiger charge is 2.35. The van der Waals surface area contributed by atoms with Crippen LogP contribution in [0.15, 0.2) is 83.9 Å². The van der Waals surface area contributed by atoms with Gasteiger partial charge in [-0.15, -0.1) is 0 Å². The Balaban J connectivity index is 1.90. The molecule has 4 aromatic rings. The lowest BCUT2D eigenvalue weighted by atomic mass is 10.0. The molecule has 0 aliphatic carbocycles. The van der Waals surface area contributed by atoms with Gasteiger partial charge < -0.3 is 5.11 Å². The molecule has 0 aliphatic rings. The minimum atomic E-state index is -4.60. The maximum atomic E-state index is 13.8. The van der Waals surface area contributed by atoms with Crippen molar-refractivity contribution in [2.75, 3.05) is 0 Å². The number of aromatic nitrogens is 2. The van der Waals surface area contributed by atoms with Gasteiger partial charge in [-0.2, -0.15) is 13.2 Å².